The molecule has 0 rings (SSSR count). The van der Waals surface area contributed by atoms with Crippen LogP contribution < -0.4 is 11.1 Å². The van der Waals surface area contributed by atoms with Crippen LogP contribution in [0.25, 0.3) is 0 Å². The number of carbonyl (C=O) groups excluding carboxylic acids is 1. The molecule has 0 aliphatic rings. The van der Waals surface area contributed by atoms with Crippen LogP contribution in [-0.4, -0.2) is 18.0 Å². The van der Waals surface area contributed by atoms with Crippen molar-refractivity contribution in [1.29, 1.82) is 0 Å². The first-order valence-corrected chi connectivity index (χ1v) is 6.09. The summed E-state index contributed by atoms with van der Waals surface area (Å²) in [5.41, 5.74) is 5.88. The van der Waals surface area contributed by atoms with Crippen molar-refractivity contribution in [2.75, 3.05) is 6.54 Å². The molecule has 0 saturated heterocycles. The summed E-state index contributed by atoms with van der Waals surface area (Å²) < 4.78 is 0. The zero-order valence-electron chi connectivity index (χ0n) is 10.6. The number of hydrogen-bond donors (Lipinski definition) is 2. The molecule has 0 aliphatic heterocycles. The number of nitrogens with two attached hydrogens (primary N) is 1. The van der Waals surface area contributed by atoms with Crippen molar-refractivity contribution in [3.63, 3.8) is 0 Å². The minimum atomic E-state index is -0.234. The average Bonchev–Trinajstić information content (AvgIpc) is 2.27. The molecule has 3 heteroatoms. The van der Waals surface area contributed by atoms with Gasteiger partial charge in [0.15, 0.2) is 0 Å². The van der Waals surface area contributed by atoms with Crippen molar-refractivity contribution in [2.45, 2.75) is 58.9 Å². The standard InChI is InChI=1S/C12H26N2O/c1-5-10(6-2)11(15)14-9-12(13,7-3)8-4/h10H,5-9,13H2,1-4H3,(H,14,15). The van der Waals surface area contributed by atoms with Crippen molar-refractivity contribution in [3.05, 3.63) is 0 Å². The predicted octanol–water partition coefficient (Wildman–Crippen LogP) is 2.06. The molecular formula is C12H26N2O. The SMILES string of the molecule is CCC(CC)C(=O)NCC(N)(CC)CC. The molecule has 0 bridgehead atoms. The lowest BCUT2D eigenvalue weighted by atomic mass is 9.93. The fourth-order valence-electron chi connectivity index (χ4n) is 1.57. The van der Waals surface area contributed by atoms with E-state index < -0.39 is 0 Å². The van der Waals surface area contributed by atoms with Crippen LogP contribution in [0.1, 0.15) is 53.4 Å². The summed E-state index contributed by atoms with van der Waals surface area (Å²) in [6.45, 7) is 8.81. The summed E-state index contributed by atoms with van der Waals surface area (Å²) in [5.74, 6) is 0.291. The van der Waals surface area contributed by atoms with E-state index >= 15 is 0 Å². The maximum atomic E-state index is 11.7. The topological polar surface area (TPSA) is 55.1 Å². The second-order valence-corrected chi connectivity index (χ2v) is 4.30. The quantitative estimate of drug-likeness (QED) is 0.681. The van der Waals surface area contributed by atoms with Gasteiger partial charge in [-0.15, -0.1) is 0 Å². The Morgan fingerprint density at radius 2 is 1.67 bits per heavy atom. The van der Waals surface area contributed by atoms with Gasteiger partial charge in [0.25, 0.3) is 0 Å². The van der Waals surface area contributed by atoms with Gasteiger partial charge >= 0.3 is 0 Å². The second-order valence-electron chi connectivity index (χ2n) is 4.30. The molecular weight excluding hydrogens is 188 g/mol. The highest BCUT2D eigenvalue weighted by atomic mass is 16.1. The number of rotatable bonds is 7. The van der Waals surface area contributed by atoms with E-state index in [0.29, 0.717) is 6.54 Å². The Bertz CT molecular complexity index is 184. The molecule has 0 saturated carbocycles. The minimum absolute atomic E-state index is 0.142. The molecule has 3 nitrogen and oxygen atoms in total. The third-order valence-electron chi connectivity index (χ3n) is 3.38. The van der Waals surface area contributed by atoms with Gasteiger partial charge in [-0.25, -0.2) is 0 Å². The molecule has 15 heavy (non-hydrogen) atoms. The smallest absolute Gasteiger partial charge is 0.223 e. The fourth-order valence-corrected chi connectivity index (χ4v) is 1.57. The summed E-state index contributed by atoms with van der Waals surface area (Å²) in [6, 6.07) is 0. The zero-order valence-corrected chi connectivity index (χ0v) is 10.6. The first kappa shape index (κ1) is 14.4. The van der Waals surface area contributed by atoms with E-state index in [1.807, 2.05) is 13.8 Å². The Balaban J connectivity index is 4.08. The molecule has 0 heterocycles. The highest BCUT2D eigenvalue weighted by molar-refractivity contribution is 5.78. The van der Waals surface area contributed by atoms with E-state index in [-0.39, 0.29) is 17.4 Å². The normalized spacial score (nSPS) is 11.9. The number of amides is 1. The third-order valence-corrected chi connectivity index (χ3v) is 3.38. The van der Waals surface area contributed by atoms with Crippen LogP contribution in [-0.2, 0) is 4.79 Å². The van der Waals surface area contributed by atoms with E-state index in [0.717, 1.165) is 25.7 Å². The van der Waals surface area contributed by atoms with E-state index in [2.05, 4.69) is 19.2 Å². The van der Waals surface area contributed by atoms with Gasteiger partial charge in [-0.05, 0) is 25.7 Å². The lowest BCUT2D eigenvalue weighted by Crippen LogP contribution is -2.50. The Hall–Kier alpha value is -0.570. The third kappa shape index (κ3) is 4.65. The minimum Gasteiger partial charge on any atom is -0.354 e. The molecule has 0 atom stereocenters. The van der Waals surface area contributed by atoms with Crippen LogP contribution in [0.15, 0.2) is 0 Å². The first-order chi connectivity index (χ1) is 7.02. The molecule has 1 amide bonds. The van der Waals surface area contributed by atoms with Crippen LogP contribution in [0.2, 0.25) is 0 Å². The molecule has 0 aromatic heterocycles. The van der Waals surface area contributed by atoms with Gasteiger partial charge in [-0.1, -0.05) is 27.7 Å². The van der Waals surface area contributed by atoms with Gasteiger partial charge < -0.3 is 11.1 Å². The highest BCUT2D eigenvalue weighted by Crippen LogP contribution is 2.11. The van der Waals surface area contributed by atoms with Gasteiger partial charge in [0.05, 0.1) is 0 Å². The van der Waals surface area contributed by atoms with E-state index in [9.17, 15) is 4.79 Å². The molecule has 0 aromatic rings. The van der Waals surface area contributed by atoms with Crippen molar-refractivity contribution in [2.24, 2.45) is 11.7 Å². The summed E-state index contributed by atoms with van der Waals surface area (Å²) >= 11 is 0. The molecule has 90 valence electrons. The second kappa shape index (κ2) is 6.83. The van der Waals surface area contributed by atoms with Crippen LogP contribution in [0.3, 0.4) is 0 Å². The van der Waals surface area contributed by atoms with Crippen molar-refractivity contribution in [3.8, 4) is 0 Å². The van der Waals surface area contributed by atoms with Crippen LogP contribution in [0.5, 0.6) is 0 Å². The summed E-state index contributed by atoms with van der Waals surface area (Å²) in [5, 5.41) is 2.96. The summed E-state index contributed by atoms with van der Waals surface area (Å²) in [4.78, 5) is 11.7. The maximum absolute atomic E-state index is 11.7. The molecule has 3 N–H and O–H groups in total. The number of hydrogen-bond acceptors (Lipinski definition) is 2. The van der Waals surface area contributed by atoms with Gasteiger partial charge in [0.2, 0.25) is 5.91 Å². The van der Waals surface area contributed by atoms with Gasteiger partial charge in [0, 0.05) is 18.0 Å². The predicted molar refractivity (Wildman–Crippen MR) is 64.6 cm³/mol. The highest BCUT2D eigenvalue weighted by Gasteiger charge is 2.22. The molecule has 0 spiro atoms. The van der Waals surface area contributed by atoms with Gasteiger partial charge in [-0.3, -0.25) is 4.79 Å². The fraction of sp³-hybridized carbons (Fsp3) is 0.917. The van der Waals surface area contributed by atoms with Gasteiger partial charge in [0.1, 0.15) is 0 Å². The first-order valence-electron chi connectivity index (χ1n) is 6.09. The average molecular weight is 214 g/mol. The molecule has 0 aromatic carbocycles. The van der Waals surface area contributed by atoms with Crippen molar-refractivity contribution >= 4 is 5.91 Å². The number of nitrogens with one attached hydrogen (secondary N) is 1. The Kier molecular flexibility index (Phi) is 6.57. The largest absolute Gasteiger partial charge is 0.354 e. The summed E-state index contributed by atoms with van der Waals surface area (Å²) in [7, 11) is 0. The maximum Gasteiger partial charge on any atom is 0.223 e. The lowest BCUT2D eigenvalue weighted by molar-refractivity contribution is -0.125. The molecule has 0 radical (unpaired) electrons. The molecule has 0 fully saturated rings. The summed E-state index contributed by atoms with van der Waals surface area (Å²) in [6.07, 6.45) is 3.59. The van der Waals surface area contributed by atoms with Crippen LogP contribution in [0.4, 0.5) is 0 Å². The van der Waals surface area contributed by atoms with Gasteiger partial charge in [-0.2, -0.15) is 0 Å². The Morgan fingerprint density at radius 1 is 1.20 bits per heavy atom. The monoisotopic (exact) mass is 214 g/mol. The van der Waals surface area contributed by atoms with Crippen LogP contribution in [0, 0.1) is 5.92 Å². The zero-order chi connectivity index (χ0) is 11.9. The Labute approximate surface area is 93.8 Å². The molecule has 0 unspecified atom stereocenters. The Morgan fingerprint density at radius 3 is 2.00 bits per heavy atom. The molecule has 0 aliphatic carbocycles. The lowest BCUT2D eigenvalue weighted by Gasteiger charge is -2.27. The van der Waals surface area contributed by atoms with Crippen molar-refractivity contribution < 1.29 is 4.79 Å². The van der Waals surface area contributed by atoms with Crippen LogP contribution >= 0.6 is 0 Å². The van der Waals surface area contributed by atoms with E-state index in [1.54, 1.807) is 0 Å². The van der Waals surface area contributed by atoms with Crippen molar-refractivity contribution in [1.82, 2.24) is 5.32 Å². The van der Waals surface area contributed by atoms with E-state index in [1.165, 1.54) is 0 Å². The number of carbonyl (C=O) groups is 1. The van der Waals surface area contributed by atoms with E-state index in [4.69, 9.17) is 5.73 Å².